The number of hydrogen-bond acceptors (Lipinski definition) is 5. The van der Waals surface area contributed by atoms with E-state index in [-0.39, 0.29) is 22.8 Å². The lowest BCUT2D eigenvalue weighted by molar-refractivity contribution is -0.137. The van der Waals surface area contributed by atoms with E-state index in [0.29, 0.717) is 30.9 Å². The molecule has 0 atom stereocenters. The summed E-state index contributed by atoms with van der Waals surface area (Å²) in [7, 11) is -3.49. The van der Waals surface area contributed by atoms with Crippen molar-refractivity contribution < 1.29 is 26.4 Å². The highest BCUT2D eigenvalue weighted by Gasteiger charge is 2.31. The Hall–Kier alpha value is -3.80. The number of alkyl halides is 3. The number of aromatic nitrogens is 1. The van der Waals surface area contributed by atoms with Crippen LogP contribution < -0.4 is 20.3 Å². The zero-order valence-electron chi connectivity index (χ0n) is 18.6. The molecule has 0 saturated heterocycles. The van der Waals surface area contributed by atoms with E-state index in [1.807, 2.05) is 0 Å². The third-order valence-corrected chi connectivity index (χ3v) is 5.76. The summed E-state index contributed by atoms with van der Waals surface area (Å²) in [5.74, 6) is 0.278. The number of amides is 2. The highest BCUT2D eigenvalue weighted by molar-refractivity contribution is 7.92. The van der Waals surface area contributed by atoms with Crippen molar-refractivity contribution in [3.8, 4) is 11.3 Å². The number of carbonyl (C=O) groups is 1. The lowest BCUT2D eigenvalue weighted by Gasteiger charge is -2.22. The molecule has 0 saturated carbocycles. The van der Waals surface area contributed by atoms with Gasteiger partial charge in [0.1, 0.15) is 0 Å². The minimum absolute atomic E-state index is 0.270. The molecule has 0 aliphatic carbocycles. The van der Waals surface area contributed by atoms with Crippen molar-refractivity contribution in [2.75, 3.05) is 39.6 Å². The fourth-order valence-electron chi connectivity index (χ4n) is 3.64. The van der Waals surface area contributed by atoms with Crippen LogP contribution in [0.1, 0.15) is 12.0 Å². The van der Waals surface area contributed by atoms with Crippen LogP contribution in [0, 0.1) is 0 Å². The molecule has 184 valence electrons. The molecule has 1 aliphatic rings. The van der Waals surface area contributed by atoms with Gasteiger partial charge in [0.05, 0.1) is 28.9 Å². The van der Waals surface area contributed by atoms with E-state index >= 15 is 0 Å². The fraction of sp³-hybridized carbons (Fsp3) is 0.217. The quantitative estimate of drug-likeness (QED) is 0.463. The van der Waals surface area contributed by atoms with E-state index in [0.717, 1.165) is 18.4 Å². The minimum Gasteiger partial charge on any atom is -0.382 e. The van der Waals surface area contributed by atoms with Gasteiger partial charge in [-0.2, -0.15) is 13.2 Å². The van der Waals surface area contributed by atoms with E-state index in [1.165, 1.54) is 23.1 Å². The molecule has 2 aromatic carbocycles. The number of fused-ring (bicyclic) bond motifs is 1. The van der Waals surface area contributed by atoms with Gasteiger partial charge in [0, 0.05) is 24.3 Å². The molecule has 2 amide bonds. The Balaban J connectivity index is 1.64. The molecule has 0 bridgehead atoms. The molecule has 4 rings (SSSR count). The van der Waals surface area contributed by atoms with Gasteiger partial charge in [-0.1, -0.05) is 18.2 Å². The number of benzene rings is 2. The maximum Gasteiger partial charge on any atom is 0.416 e. The number of anilines is 4. The van der Waals surface area contributed by atoms with Crippen LogP contribution in [-0.2, 0) is 16.2 Å². The average Bonchev–Trinajstić information content (AvgIpc) is 3.00. The van der Waals surface area contributed by atoms with Gasteiger partial charge in [0.2, 0.25) is 10.0 Å². The van der Waals surface area contributed by atoms with Crippen molar-refractivity contribution >= 4 is 38.9 Å². The molecule has 12 heteroatoms. The van der Waals surface area contributed by atoms with Crippen LogP contribution in [0.15, 0.2) is 60.7 Å². The molecule has 1 aliphatic heterocycles. The second kappa shape index (κ2) is 9.45. The number of sulfonamides is 1. The zero-order valence-corrected chi connectivity index (χ0v) is 19.4. The molecule has 2 heterocycles. The number of halogens is 3. The predicted molar refractivity (Wildman–Crippen MR) is 129 cm³/mol. The lowest BCUT2D eigenvalue weighted by Crippen LogP contribution is -2.36. The SMILES string of the molecule is CS(=O)(=O)Nc1cccc(NC(=O)N2CCCNc3ccc(-c4cccc(C(F)(F)F)c4)nc32)c1. The Morgan fingerprint density at radius 3 is 2.54 bits per heavy atom. The molecule has 3 N–H and O–H groups in total. The van der Waals surface area contributed by atoms with Crippen LogP contribution in [0.3, 0.4) is 0 Å². The fourth-order valence-corrected chi connectivity index (χ4v) is 4.19. The first kappa shape index (κ1) is 24.3. The normalized spacial score (nSPS) is 13.9. The summed E-state index contributed by atoms with van der Waals surface area (Å²) in [6.45, 7) is 0.890. The van der Waals surface area contributed by atoms with Crippen molar-refractivity contribution in [2.45, 2.75) is 12.6 Å². The second-order valence-corrected chi connectivity index (χ2v) is 9.71. The standard InChI is InChI=1S/C23H22F3N5O3S/c1-35(33,34)30-18-8-3-7-17(14-18)28-22(32)31-12-4-11-27-20-10-9-19(29-21(20)31)15-5-2-6-16(13-15)23(24,25)26/h2-3,5-10,13-14,27,30H,4,11-12H2,1H3,(H,28,32). The number of hydrogen-bond donors (Lipinski definition) is 3. The van der Waals surface area contributed by atoms with Crippen molar-refractivity contribution in [1.82, 2.24) is 4.98 Å². The second-order valence-electron chi connectivity index (χ2n) is 7.96. The lowest BCUT2D eigenvalue weighted by atomic mass is 10.1. The molecule has 1 aromatic heterocycles. The third kappa shape index (κ3) is 6.01. The number of nitrogens with zero attached hydrogens (tertiary/aromatic N) is 2. The minimum atomic E-state index is -4.49. The smallest absolute Gasteiger partial charge is 0.382 e. The first-order valence-electron chi connectivity index (χ1n) is 10.6. The van der Waals surface area contributed by atoms with Gasteiger partial charge in [0.25, 0.3) is 0 Å². The molecule has 3 aromatic rings. The molecule has 8 nitrogen and oxygen atoms in total. The van der Waals surface area contributed by atoms with Crippen molar-refractivity contribution in [3.05, 3.63) is 66.2 Å². The highest BCUT2D eigenvalue weighted by Crippen LogP contribution is 2.34. The highest BCUT2D eigenvalue weighted by atomic mass is 32.2. The van der Waals surface area contributed by atoms with Crippen LogP contribution >= 0.6 is 0 Å². The number of nitrogens with one attached hydrogen (secondary N) is 3. The van der Waals surface area contributed by atoms with E-state index < -0.39 is 27.8 Å². The van der Waals surface area contributed by atoms with E-state index in [9.17, 15) is 26.4 Å². The summed E-state index contributed by atoms with van der Waals surface area (Å²) in [5, 5.41) is 5.91. The van der Waals surface area contributed by atoms with Gasteiger partial charge >= 0.3 is 12.2 Å². The number of urea groups is 1. The Labute approximate surface area is 200 Å². The number of rotatable bonds is 4. The van der Waals surface area contributed by atoms with Gasteiger partial charge < -0.3 is 10.6 Å². The average molecular weight is 506 g/mol. The molecule has 0 spiro atoms. The van der Waals surface area contributed by atoms with Gasteiger partial charge in [-0.05, 0) is 48.9 Å². The van der Waals surface area contributed by atoms with Crippen LogP contribution in [0.5, 0.6) is 0 Å². The van der Waals surface area contributed by atoms with Crippen LogP contribution in [0.2, 0.25) is 0 Å². The van der Waals surface area contributed by atoms with Crippen LogP contribution in [-0.4, -0.2) is 38.8 Å². The number of pyridine rings is 1. The van der Waals surface area contributed by atoms with Gasteiger partial charge in [-0.3, -0.25) is 9.62 Å². The van der Waals surface area contributed by atoms with Crippen molar-refractivity contribution in [3.63, 3.8) is 0 Å². The first-order chi connectivity index (χ1) is 16.5. The molecule has 0 fully saturated rings. The Kier molecular flexibility index (Phi) is 6.57. The first-order valence-corrected chi connectivity index (χ1v) is 12.5. The van der Waals surface area contributed by atoms with E-state index in [2.05, 4.69) is 20.3 Å². The number of carbonyl (C=O) groups excluding carboxylic acids is 1. The van der Waals surface area contributed by atoms with Gasteiger partial charge in [-0.25, -0.2) is 18.2 Å². The van der Waals surface area contributed by atoms with Crippen molar-refractivity contribution in [2.24, 2.45) is 0 Å². The summed E-state index contributed by atoms with van der Waals surface area (Å²) >= 11 is 0. The van der Waals surface area contributed by atoms with Crippen LogP contribution in [0.25, 0.3) is 11.3 Å². The molecular formula is C23H22F3N5O3S. The topological polar surface area (TPSA) is 103 Å². The van der Waals surface area contributed by atoms with E-state index in [4.69, 9.17) is 0 Å². The summed E-state index contributed by atoms with van der Waals surface area (Å²) in [6, 6.07) is 13.8. The van der Waals surface area contributed by atoms with E-state index in [1.54, 1.807) is 30.3 Å². The Bertz CT molecular complexity index is 1360. The third-order valence-electron chi connectivity index (χ3n) is 5.15. The molecule has 0 unspecified atom stereocenters. The maximum atomic E-state index is 13.2. The monoisotopic (exact) mass is 505 g/mol. The maximum absolute atomic E-state index is 13.2. The molecular weight excluding hydrogens is 483 g/mol. The Morgan fingerprint density at radius 2 is 1.80 bits per heavy atom. The predicted octanol–water partition coefficient (Wildman–Crippen LogP) is 4.99. The summed E-state index contributed by atoms with van der Waals surface area (Å²) in [6.07, 6.45) is -2.86. The zero-order chi connectivity index (χ0) is 25.2. The molecule has 0 radical (unpaired) electrons. The van der Waals surface area contributed by atoms with Crippen LogP contribution in [0.4, 0.5) is 40.8 Å². The Morgan fingerprint density at radius 1 is 1.06 bits per heavy atom. The molecule has 35 heavy (non-hydrogen) atoms. The van der Waals surface area contributed by atoms with Crippen molar-refractivity contribution in [1.29, 1.82) is 0 Å². The van der Waals surface area contributed by atoms with Gasteiger partial charge in [0.15, 0.2) is 5.82 Å². The largest absolute Gasteiger partial charge is 0.416 e. The van der Waals surface area contributed by atoms with Gasteiger partial charge in [-0.15, -0.1) is 0 Å². The summed E-state index contributed by atoms with van der Waals surface area (Å²) < 4.78 is 64.9. The summed E-state index contributed by atoms with van der Waals surface area (Å²) in [4.78, 5) is 19.1. The summed E-state index contributed by atoms with van der Waals surface area (Å²) in [5.41, 5.74) is 0.982.